The van der Waals surface area contributed by atoms with Crippen molar-refractivity contribution in [1.82, 2.24) is 5.32 Å². The van der Waals surface area contributed by atoms with E-state index in [0.29, 0.717) is 25.8 Å². The Balaban J connectivity index is 2.03. The third-order valence-electron chi connectivity index (χ3n) is 3.59. The number of hydrogen-bond donors (Lipinski definition) is 2. The van der Waals surface area contributed by atoms with Crippen LogP contribution in [0, 0.1) is 11.8 Å². The number of alkyl halides is 2. The van der Waals surface area contributed by atoms with Gasteiger partial charge in [0, 0.05) is 5.92 Å². The van der Waals surface area contributed by atoms with Crippen LogP contribution in [-0.4, -0.2) is 43.4 Å². The first-order chi connectivity index (χ1) is 8.67. The van der Waals surface area contributed by atoms with Crippen LogP contribution >= 0.6 is 0 Å². The second-order valence-corrected chi connectivity index (χ2v) is 5.14. The highest BCUT2D eigenvalue weighted by Gasteiger charge is 2.29. The van der Waals surface area contributed by atoms with Crippen LogP contribution < -0.4 is 5.32 Å². The molecule has 0 bridgehead atoms. The van der Waals surface area contributed by atoms with Crippen molar-refractivity contribution in [3.63, 3.8) is 0 Å². The predicted octanol–water partition coefficient (Wildman–Crippen LogP) is 1.64. The van der Waals surface area contributed by atoms with E-state index in [-0.39, 0.29) is 18.4 Å². The minimum absolute atomic E-state index is 0.104. The van der Waals surface area contributed by atoms with Crippen LogP contribution in [0.4, 0.5) is 8.78 Å². The summed E-state index contributed by atoms with van der Waals surface area (Å²) in [7, 11) is 0. The van der Waals surface area contributed by atoms with Crippen molar-refractivity contribution in [3.05, 3.63) is 0 Å². The van der Waals surface area contributed by atoms with Gasteiger partial charge in [0.15, 0.2) is 0 Å². The van der Waals surface area contributed by atoms with E-state index in [1.165, 1.54) is 0 Å². The molecule has 18 heavy (non-hydrogen) atoms. The highest BCUT2D eigenvalue weighted by atomic mass is 19.2. The zero-order valence-corrected chi connectivity index (χ0v) is 10.7. The van der Waals surface area contributed by atoms with Gasteiger partial charge in [-0.15, -0.1) is 0 Å². The minimum Gasteiger partial charge on any atom is -0.396 e. The Kier molecular flexibility index (Phi) is 7.35. The Hall–Kier alpha value is -0.550. The molecule has 0 heterocycles. The van der Waals surface area contributed by atoms with E-state index in [1.807, 2.05) is 0 Å². The zero-order valence-electron chi connectivity index (χ0n) is 10.7. The number of halogens is 2. The second kappa shape index (κ2) is 8.53. The van der Waals surface area contributed by atoms with Gasteiger partial charge < -0.3 is 15.2 Å². The second-order valence-electron chi connectivity index (χ2n) is 5.14. The Labute approximate surface area is 107 Å². The maximum absolute atomic E-state index is 13.1. The van der Waals surface area contributed by atoms with E-state index in [9.17, 15) is 13.6 Å². The van der Waals surface area contributed by atoms with Gasteiger partial charge in [0.05, 0.1) is 6.61 Å². The first kappa shape index (κ1) is 15.5. The van der Waals surface area contributed by atoms with E-state index in [0.717, 1.165) is 25.7 Å². The van der Waals surface area contributed by atoms with Crippen LogP contribution in [0.1, 0.15) is 32.1 Å². The van der Waals surface area contributed by atoms with Crippen molar-refractivity contribution in [2.75, 3.05) is 19.7 Å². The molecule has 4 atom stereocenters. The van der Waals surface area contributed by atoms with Gasteiger partial charge in [-0.2, -0.15) is 0 Å². The molecule has 1 rings (SSSR count). The molecule has 0 saturated heterocycles. The molecule has 0 aromatic carbocycles. The molecular formula is C13H23F2NO2. The van der Waals surface area contributed by atoms with Gasteiger partial charge in [0.1, 0.15) is 18.6 Å². The summed E-state index contributed by atoms with van der Waals surface area (Å²) >= 11 is 0. The van der Waals surface area contributed by atoms with Gasteiger partial charge in [-0.05, 0) is 51.1 Å². The molecule has 1 aliphatic rings. The lowest BCUT2D eigenvalue weighted by atomic mass is 9.87. The molecule has 2 N–H and O–H groups in total. The normalized spacial score (nSPS) is 30.1. The van der Waals surface area contributed by atoms with E-state index in [2.05, 4.69) is 5.32 Å². The van der Waals surface area contributed by atoms with Gasteiger partial charge in [0.25, 0.3) is 0 Å². The van der Waals surface area contributed by atoms with E-state index >= 15 is 0 Å². The highest BCUT2D eigenvalue weighted by molar-refractivity contribution is 5.53. The van der Waals surface area contributed by atoms with Crippen molar-refractivity contribution >= 4 is 6.29 Å². The lowest BCUT2D eigenvalue weighted by molar-refractivity contribution is -0.112. The first-order valence-corrected chi connectivity index (χ1v) is 6.72. The van der Waals surface area contributed by atoms with Crippen molar-refractivity contribution in [2.45, 2.75) is 44.4 Å². The zero-order chi connectivity index (χ0) is 13.4. The third kappa shape index (κ3) is 5.40. The van der Waals surface area contributed by atoms with Crippen molar-refractivity contribution in [2.24, 2.45) is 11.8 Å². The molecule has 0 radical (unpaired) electrons. The highest BCUT2D eigenvalue weighted by Crippen LogP contribution is 2.28. The molecule has 4 unspecified atom stereocenters. The molecule has 0 aliphatic heterocycles. The van der Waals surface area contributed by atoms with Crippen molar-refractivity contribution in [1.29, 1.82) is 0 Å². The molecule has 1 fully saturated rings. The van der Waals surface area contributed by atoms with Crippen molar-refractivity contribution < 1.29 is 18.7 Å². The number of aldehydes is 1. The van der Waals surface area contributed by atoms with Gasteiger partial charge in [-0.3, -0.25) is 0 Å². The summed E-state index contributed by atoms with van der Waals surface area (Å²) in [5, 5.41) is 12.0. The van der Waals surface area contributed by atoms with Crippen LogP contribution in [-0.2, 0) is 4.79 Å². The fraction of sp³-hybridized carbons (Fsp3) is 0.923. The summed E-state index contributed by atoms with van der Waals surface area (Å²) in [6.07, 6.45) is 1.03. The number of carbonyl (C=O) groups excluding carboxylic acids is 1. The van der Waals surface area contributed by atoms with Gasteiger partial charge in [-0.25, -0.2) is 8.78 Å². The molecule has 0 spiro atoms. The van der Waals surface area contributed by atoms with E-state index < -0.39 is 12.3 Å². The van der Waals surface area contributed by atoms with Gasteiger partial charge in [0.2, 0.25) is 0 Å². The molecule has 1 aliphatic carbocycles. The lowest BCUT2D eigenvalue weighted by Crippen LogP contribution is -2.33. The van der Waals surface area contributed by atoms with Crippen LogP contribution in [0.15, 0.2) is 0 Å². The fourth-order valence-corrected chi connectivity index (χ4v) is 2.34. The van der Waals surface area contributed by atoms with Crippen LogP contribution in [0.3, 0.4) is 0 Å². The predicted molar refractivity (Wildman–Crippen MR) is 65.9 cm³/mol. The topological polar surface area (TPSA) is 49.3 Å². The quantitative estimate of drug-likeness (QED) is 0.517. The van der Waals surface area contributed by atoms with Crippen molar-refractivity contribution in [3.8, 4) is 0 Å². The number of nitrogens with one attached hydrogen (secondary N) is 1. The van der Waals surface area contributed by atoms with Crippen LogP contribution in [0.2, 0.25) is 0 Å². The average Bonchev–Trinajstić information content (AvgIpc) is 2.38. The van der Waals surface area contributed by atoms with E-state index in [1.54, 1.807) is 0 Å². The summed E-state index contributed by atoms with van der Waals surface area (Å²) in [5.74, 6) is -0.0595. The third-order valence-corrected chi connectivity index (χ3v) is 3.59. The van der Waals surface area contributed by atoms with Gasteiger partial charge >= 0.3 is 0 Å². The first-order valence-electron chi connectivity index (χ1n) is 6.72. The maximum Gasteiger partial charge on any atom is 0.131 e. The van der Waals surface area contributed by atoms with Crippen LogP contribution in [0.5, 0.6) is 0 Å². The number of rotatable bonds is 8. The summed E-state index contributed by atoms with van der Waals surface area (Å²) in [6.45, 7) is 1.35. The smallest absolute Gasteiger partial charge is 0.131 e. The Morgan fingerprint density at radius 3 is 2.72 bits per heavy atom. The standard InChI is InChI=1S/C13H23F2NO2/c14-12-4-3-10(6-13(12)15)7-16-5-1-2-11(8-17)9-18/h8,10-13,16,18H,1-7,9H2. The summed E-state index contributed by atoms with van der Waals surface area (Å²) in [6, 6.07) is 0. The number of aliphatic hydroxyl groups excluding tert-OH is 1. The fourth-order valence-electron chi connectivity index (χ4n) is 2.34. The summed E-state index contributed by atoms with van der Waals surface area (Å²) < 4.78 is 26.0. The number of carbonyl (C=O) groups is 1. The van der Waals surface area contributed by atoms with Crippen LogP contribution in [0.25, 0.3) is 0 Å². The average molecular weight is 263 g/mol. The minimum atomic E-state index is -1.31. The number of aliphatic hydroxyl groups is 1. The molecule has 5 heteroatoms. The Bertz CT molecular complexity index is 241. The molecule has 0 amide bonds. The molecule has 0 aromatic heterocycles. The SMILES string of the molecule is O=CC(CO)CCCNCC1CCC(F)C(F)C1. The van der Waals surface area contributed by atoms with E-state index in [4.69, 9.17) is 5.11 Å². The molecule has 0 aromatic rings. The molecule has 1 saturated carbocycles. The largest absolute Gasteiger partial charge is 0.396 e. The Morgan fingerprint density at radius 2 is 2.11 bits per heavy atom. The van der Waals surface area contributed by atoms with Gasteiger partial charge in [-0.1, -0.05) is 0 Å². The molecule has 106 valence electrons. The summed E-state index contributed by atoms with van der Waals surface area (Å²) in [4.78, 5) is 10.5. The molecular weight excluding hydrogens is 240 g/mol. The monoisotopic (exact) mass is 263 g/mol. The maximum atomic E-state index is 13.1. The number of hydrogen-bond acceptors (Lipinski definition) is 3. The summed E-state index contributed by atoms with van der Waals surface area (Å²) in [5.41, 5.74) is 0. The Morgan fingerprint density at radius 1 is 1.33 bits per heavy atom. The molecule has 3 nitrogen and oxygen atoms in total. The lowest BCUT2D eigenvalue weighted by Gasteiger charge is -2.27.